The van der Waals surface area contributed by atoms with Crippen molar-refractivity contribution in [2.24, 2.45) is 11.3 Å². The molecule has 1 aliphatic heterocycles. The highest BCUT2D eigenvalue weighted by molar-refractivity contribution is 7.09. The topological polar surface area (TPSA) is 70.5 Å². The molecule has 0 bridgehead atoms. The monoisotopic (exact) mass is 356 g/mol. The molecule has 2 aromatic rings. The molecule has 1 spiro atoms. The van der Waals surface area contributed by atoms with Crippen molar-refractivity contribution in [3.8, 4) is 0 Å². The van der Waals surface area contributed by atoms with Crippen LogP contribution < -0.4 is 0 Å². The second-order valence-electron chi connectivity index (χ2n) is 7.04. The molecule has 1 saturated carbocycles. The molecular formula is C19H20N2O3S. The molecule has 1 atom stereocenters. The van der Waals surface area contributed by atoms with Gasteiger partial charge in [0.25, 0.3) is 5.91 Å². The van der Waals surface area contributed by atoms with E-state index in [0.717, 1.165) is 30.7 Å². The summed E-state index contributed by atoms with van der Waals surface area (Å²) < 4.78 is 0. The van der Waals surface area contributed by atoms with E-state index in [1.807, 2.05) is 28.5 Å². The number of aromatic nitrogens is 1. The molecule has 1 N–H and O–H groups in total. The van der Waals surface area contributed by atoms with Crippen LogP contribution in [0.4, 0.5) is 0 Å². The van der Waals surface area contributed by atoms with Gasteiger partial charge in [-0.25, -0.2) is 4.98 Å². The summed E-state index contributed by atoms with van der Waals surface area (Å²) >= 11 is 1.52. The van der Waals surface area contributed by atoms with E-state index in [1.165, 1.54) is 16.9 Å². The molecule has 1 unspecified atom stereocenters. The number of hydrogen-bond donors (Lipinski definition) is 1. The van der Waals surface area contributed by atoms with Gasteiger partial charge in [0, 0.05) is 24.9 Å². The van der Waals surface area contributed by atoms with Crippen molar-refractivity contribution >= 4 is 23.2 Å². The maximum Gasteiger partial charge on any atom is 0.307 e. The zero-order valence-corrected chi connectivity index (χ0v) is 14.7. The summed E-state index contributed by atoms with van der Waals surface area (Å²) in [5.41, 5.74) is 1.64. The van der Waals surface area contributed by atoms with Gasteiger partial charge in [-0.3, -0.25) is 9.59 Å². The Morgan fingerprint density at radius 2 is 1.96 bits per heavy atom. The van der Waals surface area contributed by atoms with Crippen molar-refractivity contribution in [3.05, 3.63) is 52.0 Å². The highest BCUT2D eigenvalue weighted by atomic mass is 32.1. The number of hydrogen-bond acceptors (Lipinski definition) is 4. The van der Waals surface area contributed by atoms with Gasteiger partial charge in [0.15, 0.2) is 0 Å². The SMILES string of the molecule is O=C(O)C1CC12CCN(C(=O)c1csc(Cc3ccccc3)n1)CC2. The van der Waals surface area contributed by atoms with Gasteiger partial charge in [0.2, 0.25) is 0 Å². The van der Waals surface area contributed by atoms with E-state index < -0.39 is 5.97 Å². The number of carbonyl (C=O) groups is 2. The third-order valence-electron chi connectivity index (χ3n) is 5.50. The number of nitrogens with zero attached hydrogens (tertiary/aromatic N) is 2. The molecule has 1 amide bonds. The minimum absolute atomic E-state index is 0.0297. The summed E-state index contributed by atoms with van der Waals surface area (Å²) in [5, 5.41) is 11.9. The minimum atomic E-state index is -0.690. The van der Waals surface area contributed by atoms with Crippen LogP contribution in [0.25, 0.3) is 0 Å². The lowest BCUT2D eigenvalue weighted by Crippen LogP contribution is -2.40. The summed E-state index contributed by atoms with van der Waals surface area (Å²) in [6.45, 7) is 1.27. The largest absolute Gasteiger partial charge is 0.481 e. The zero-order chi connectivity index (χ0) is 17.4. The summed E-state index contributed by atoms with van der Waals surface area (Å²) in [5.74, 6) is -0.927. The Morgan fingerprint density at radius 1 is 1.24 bits per heavy atom. The number of benzene rings is 1. The van der Waals surface area contributed by atoms with Crippen molar-refractivity contribution in [2.75, 3.05) is 13.1 Å². The average Bonchev–Trinajstić information content (AvgIpc) is 3.12. The van der Waals surface area contributed by atoms with Crippen molar-refractivity contribution in [1.82, 2.24) is 9.88 Å². The number of rotatable bonds is 4. The standard InChI is InChI=1S/C19H20N2O3S/c22-17(21-8-6-19(7-9-21)11-14(19)18(23)24)15-12-25-16(20-15)10-13-4-2-1-3-5-13/h1-5,12,14H,6-11H2,(H,23,24). The number of carbonyl (C=O) groups excluding carboxylic acids is 1. The van der Waals surface area contributed by atoms with Crippen LogP contribution in [0.5, 0.6) is 0 Å². The molecule has 2 fully saturated rings. The van der Waals surface area contributed by atoms with Crippen LogP contribution in [-0.2, 0) is 11.2 Å². The second-order valence-corrected chi connectivity index (χ2v) is 7.98. The van der Waals surface area contributed by atoms with Crippen LogP contribution in [-0.4, -0.2) is 40.0 Å². The van der Waals surface area contributed by atoms with Gasteiger partial charge in [0.1, 0.15) is 5.69 Å². The Morgan fingerprint density at radius 3 is 2.60 bits per heavy atom. The zero-order valence-electron chi connectivity index (χ0n) is 13.9. The van der Waals surface area contributed by atoms with Crippen LogP contribution in [0.15, 0.2) is 35.7 Å². The Balaban J connectivity index is 1.37. The number of carboxylic acids is 1. The fourth-order valence-corrected chi connectivity index (χ4v) is 4.63. The predicted octanol–water partition coefficient (Wildman–Crippen LogP) is 3.06. The van der Waals surface area contributed by atoms with Crippen LogP contribution in [0.1, 0.15) is 40.3 Å². The lowest BCUT2D eigenvalue weighted by Gasteiger charge is -2.32. The van der Waals surface area contributed by atoms with Gasteiger partial charge in [-0.15, -0.1) is 11.3 Å². The van der Waals surface area contributed by atoms with E-state index in [9.17, 15) is 9.59 Å². The normalized spacial score (nSPS) is 21.3. The van der Waals surface area contributed by atoms with Crippen LogP contribution in [0.3, 0.4) is 0 Å². The molecular weight excluding hydrogens is 336 g/mol. The summed E-state index contributed by atoms with van der Waals surface area (Å²) in [6.07, 6.45) is 3.08. The highest BCUT2D eigenvalue weighted by Gasteiger charge is 2.59. The predicted molar refractivity (Wildman–Crippen MR) is 94.7 cm³/mol. The number of amides is 1. The van der Waals surface area contributed by atoms with Crippen molar-refractivity contribution in [2.45, 2.75) is 25.7 Å². The summed E-state index contributed by atoms with van der Waals surface area (Å²) in [6, 6.07) is 10.1. The molecule has 2 aliphatic rings. The molecule has 130 valence electrons. The Labute approximate surface area is 150 Å². The minimum Gasteiger partial charge on any atom is -0.481 e. The molecule has 5 nitrogen and oxygen atoms in total. The first-order chi connectivity index (χ1) is 12.1. The highest BCUT2D eigenvalue weighted by Crippen LogP contribution is 2.59. The number of piperidine rings is 1. The van der Waals surface area contributed by atoms with Gasteiger partial charge in [-0.1, -0.05) is 30.3 Å². The van der Waals surface area contributed by atoms with E-state index in [0.29, 0.717) is 18.8 Å². The van der Waals surface area contributed by atoms with E-state index in [2.05, 4.69) is 17.1 Å². The van der Waals surface area contributed by atoms with Crippen molar-refractivity contribution < 1.29 is 14.7 Å². The first kappa shape index (κ1) is 16.3. The number of carboxylic acid groups (broad SMARTS) is 1. The molecule has 4 rings (SSSR count). The molecule has 0 radical (unpaired) electrons. The molecule has 25 heavy (non-hydrogen) atoms. The van der Waals surface area contributed by atoms with E-state index in [-0.39, 0.29) is 17.2 Å². The first-order valence-corrected chi connectivity index (χ1v) is 9.46. The molecule has 1 aromatic heterocycles. The summed E-state index contributed by atoms with van der Waals surface area (Å²) in [7, 11) is 0. The summed E-state index contributed by atoms with van der Waals surface area (Å²) in [4.78, 5) is 30.1. The van der Waals surface area contributed by atoms with Crippen LogP contribution in [0, 0.1) is 11.3 Å². The van der Waals surface area contributed by atoms with E-state index in [1.54, 1.807) is 0 Å². The Kier molecular flexibility index (Phi) is 4.07. The Bertz CT molecular complexity index is 794. The van der Waals surface area contributed by atoms with Crippen LogP contribution >= 0.6 is 11.3 Å². The van der Waals surface area contributed by atoms with Gasteiger partial charge in [-0.2, -0.15) is 0 Å². The Hall–Kier alpha value is -2.21. The second kappa shape index (κ2) is 6.26. The molecule has 6 heteroatoms. The van der Waals surface area contributed by atoms with E-state index >= 15 is 0 Å². The van der Waals surface area contributed by atoms with Gasteiger partial charge in [-0.05, 0) is 30.2 Å². The smallest absolute Gasteiger partial charge is 0.307 e. The lowest BCUT2D eigenvalue weighted by molar-refractivity contribution is -0.139. The van der Waals surface area contributed by atoms with Gasteiger partial charge >= 0.3 is 5.97 Å². The molecule has 1 aromatic carbocycles. The van der Waals surface area contributed by atoms with Gasteiger partial charge in [0.05, 0.1) is 10.9 Å². The van der Waals surface area contributed by atoms with Crippen LogP contribution in [0.2, 0.25) is 0 Å². The fourth-order valence-electron chi connectivity index (χ4n) is 3.83. The molecule has 1 saturated heterocycles. The molecule has 2 heterocycles. The number of thiazole rings is 1. The number of aliphatic carboxylic acids is 1. The number of likely N-dealkylation sites (tertiary alicyclic amines) is 1. The average molecular weight is 356 g/mol. The van der Waals surface area contributed by atoms with Crippen molar-refractivity contribution in [3.63, 3.8) is 0 Å². The third-order valence-corrected chi connectivity index (χ3v) is 6.35. The van der Waals surface area contributed by atoms with E-state index in [4.69, 9.17) is 5.11 Å². The van der Waals surface area contributed by atoms with Gasteiger partial charge < -0.3 is 10.0 Å². The maximum atomic E-state index is 12.7. The molecule has 1 aliphatic carbocycles. The first-order valence-electron chi connectivity index (χ1n) is 8.58. The van der Waals surface area contributed by atoms with Crippen molar-refractivity contribution in [1.29, 1.82) is 0 Å². The maximum absolute atomic E-state index is 12.7. The third kappa shape index (κ3) is 3.18. The quantitative estimate of drug-likeness (QED) is 0.914. The fraction of sp³-hybridized carbons (Fsp3) is 0.421. The lowest BCUT2D eigenvalue weighted by atomic mass is 9.90.